The van der Waals surface area contributed by atoms with Crippen molar-refractivity contribution >= 4 is 0 Å². The summed E-state index contributed by atoms with van der Waals surface area (Å²) in [6, 6.07) is 5.13. The minimum Gasteiger partial charge on any atom is -0.493 e. The summed E-state index contributed by atoms with van der Waals surface area (Å²) in [5.41, 5.74) is 6.35. The van der Waals surface area contributed by atoms with Gasteiger partial charge in [0.25, 0.3) is 0 Å². The normalized spacial score (nSPS) is 11.4. The zero-order chi connectivity index (χ0) is 14.3. The predicted octanol–water partition coefficient (Wildman–Crippen LogP) is 2.11. The summed E-state index contributed by atoms with van der Waals surface area (Å²) >= 11 is 0. The molecule has 1 aromatic rings. The Hall–Kier alpha value is -1.47. The van der Waals surface area contributed by atoms with Crippen molar-refractivity contribution in [3.05, 3.63) is 23.8 Å². The topological polar surface area (TPSA) is 53.7 Å². The SMILES string of the molecule is COc1cc(CN)ccc1OCCOCC(F)(F)F. The second-order valence-electron chi connectivity index (χ2n) is 3.71. The molecule has 2 N–H and O–H groups in total. The van der Waals surface area contributed by atoms with Gasteiger partial charge in [0, 0.05) is 6.54 Å². The number of rotatable bonds is 7. The van der Waals surface area contributed by atoms with Crippen LogP contribution in [0.25, 0.3) is 0 Å². The molecule has 0 aliphatic rings. The lowest BCUT2D eigenvalue weighted by Crippen LogP contribution is -2.19. The van der Waals surface area contributed by atoms with Crippen LogP contribution in [-0.4, -0.2) is 33.1 Å². The molecular weight excluding hydrogens is 263 g/mol. The molecule has 0 aromatic heterocycles. The second kappa shape index (κ2) is 7.20. The molecule has 0 fully saturated rings. The Labute approximate surface area is 109 Å². The van der Waals surface area contributed by atoms with Gasteiger partial charge in [-0.1, -0.05) is 6.07 Å². The van der Waals surface area contributed by atoms with Gasteiger partial charge in [0.1, 0.15) is 13.2 Å². The van der Waals surface area contributed by atoms with E-state index >= 15 is 0 Å². The minimum atomic E-state index is -4.32. The Bertz CT molecular complexity index is 396. The van der Waals surface area contributed by atoms with Crippen LogP contribution in [0.3, 0.4) is 0 Å². The van der Waals surface area contributed by atoms with Crippen LogP contribution < -0.4 is 15.2 Å². The molecule has 0 unspecified atom stereocenters. The smallest absolute Gasteiger partial charge is 0.411 e. The highest BCUT2D eigenvalue weighted by Gasteiger charge is 2.27. The molecule has 108 valence electrons. The molecule has 7 heteroatoms. The van der Waals surface area contributed by atoms with Crippen LogP contribution in [0.4, 0.5) is 13.2 Å². The molecule has 0 amide bonds. The molecule has 0 aliphatic carbocycles. The fourth-order valence-electron chi connectivity index (χ4n) is 1.36. The number of ether oxygens (including phenoxy) is 3. The molecule has 1 aromatic carbocycles. The van der Waals surface area contributed by atoms with Gasteiger partial charge in [0.2, 0.25) is 0 Å². The van der Waals surface area contributed by atoms with E-state index in [2.05, 4.69) is 4.74 Å². The molecule has 1 rings (SSSR count). The summed E-state index contributed by atoms with van der Waals surface area (Å²) in [6.07, 6.45) is -4.32. The monoisotopic (exact) mass is 279 g/mol. The Kier molecular flexibility index (Phi) is 5.91. The van der Waals surface area contributed by atoms with Gasteiger partial charge in [-0.2, -0.15) is 13.2 Å². The quantitative estimate of drug-likeness (QED) is 0.777. The van der Waals surface area contributed by atoms with E-state index in [4.69, 9.17) is 15.2 Å². The van der Waals surface area contributed by atoms with Crippen LogP contribution in [0.2, 0.25) is 0 Å². The second-order valence-corrected chi connectivity index (χ2v) is 3.71. The van der Waals surface area contributed by atoms with Crippen LogP contribution >= 0.6 is 0 Å². The van der Waals surface area contributed by atoms with Crippen molar-refractivity contribution < 1.29 is 27.4 Å². The zero-order valence-electron chi connectivity index (χ0n) is 10.5. The third kappa shape index (κ3) is 5.80. The van der Waals surface area contributed by atoms with Crippen LogP contribution in [-0.2, 0) is 11.3 Å². The molecule has 0 saturated carbocycles. The maximum atomic E-state index is 11.8. The van der Waals surface area contributed by atoms with Crippen molar-refractivity contribution in [1.82, 2.24) is 0 Å². The molecule has 0 radical (unpaired) electrons. The van der Waals surface area contributed by atoms with Gasteiger partial charge in [-0.3, -0.25) is 0 Å². The minimum absolute atomic E-state index is 0.00834. The zero-order valence-corrected chi connectivity index (χ0v) is 10.5. The Morgan fingerprint density at radius 1 is 1.16 bits per heavy atom. The van der Waals surface area contributed by atoms with Gasteiger partial charge in [0.15, 0.2) is 11.5 Å². The van der Waals surface area contributed by atoms with Crippen LogP contribution in [0, 0.1) is 0 Å². The summed E-state index contributed by atoms with van der Waals surface area (Å²) in [5.74, 6) is 0.925. The lowest BCUT2D eigenvalue weighted by molar-refractivity contribution is -0.175. The summed E-state index contributed by atoms with van der Waals surface area (Å²) in [6.45, 7) is -1.05. The Morgan fingerprint density at radius 3 is 2.47 bits per heavy atom. The lowest BCUT2D eigenvalue weighted by Gasteiger charge is -2.12. The van der Waals surface area contributed by atoms with E-state index in [1.807, 2.05) is 0 Å². The summed E-state index contributed by atoms with van der Waals surface area (Å²) in [5, 5.41) is 0. The molecular formula is C12H16F3NO3. The first kappa shape index (κ1) is 15.6. The van der Waals surface area contributed by atoms with Gasteiger partial charge in [-0.25, -0.2) is 0 Å². The van der Waals surface area contributed by atoms with E-state index in [9.17, 15) is 13.2 Å². The van der Waals surface area contributed by atoms with Gasteiger partial charge in [0.05, 0.1) is 13.7 Å². The number of hydrogen-bond donors (Lipinski definition) is 1. The summed E-state index contributed by atoms with van der Waals surface area (Å²) in [4.78, 5) is 0. The van der Waals surface area contributed by atoms with Gasteiger partial charge in [-0.15, -0.1) is 0 Å². The molecule has 0 aliphatic heterocycles. The predicted molar refractivity (Wildman–Crippen MR) is 63.3 cm³/mol. The van der Waals surface area contributed by atoms with Crippen LogP contribution in [0.1, 0.15) is 5.56 Å². The number of hydrogen-bond acceptors (Lipinski definition) is 4. The van der Waals surface area contributed by atoms with Crippen molar-refractivity contribution in [3.8, 4) is 11.5 Å². The number of methoxy groups -OCH3 is 1. The molecule has 0 heterocycles. The van der Waals surface area contributed by atoms with Crippen molar-refractivity contribution in [2.45, 2.75) is 12.7 Å². The van der Waals surface area contributed by atoms with E-state index < -0.39 is 12.8 Å². The average molecular weight is 279 g/mol. The van der Waals surface area contributed by atoms with Gasteiger partial charge >= 0.3 is 6.18 Å². The lowest BCUT2D eigenvalue weighted by atomic mass is 10.2. The molecule has 0 spiro atoms. The van der Waals surface area contributed by atoms with Crippen molar-refractivity contribution in [1.29, 1.82) is 0 Å². The van der Waals surface area contributed by atoms with E-state index in [1.165, 1.54) is 7.11 Å². The highest BCUT2D eigenvalue weighted by molar-refractivity contribution is 5.42. The number of benzene rings is 1. The highest BCUT2D eigenvalue weighted by Crippen LogP contribution is 2.27. The first-order valence-electron chi connectivity index (χ1n) is 5.60. The van der Waals surface area contributed by atoms with Crippen LogP contribution in [0.15, 0.2) is 18.2 Å². The van der Waals surface area contributed by atoms with E-state index in [0.717, 1.165) is 5.56 Å². The van der Waals surface area contributed by atoms with Crippen molar-refractivity contribution in [2.75, 3.05) is 26.9 Å². The maximum Gasteiger partial charge on any atom is 0.411 e. The summed E-state index contributed by atoms with van der Waals surface area (Å²) in [7, 11) is 1.47. The summed E-state index contributed by atoms with van der Waals surface area (Å²) < 4.78 is 50.2. The van der Waals surface area contributed by atoms with Crippen molar-refractivity contribution in [2.24, 2.45) is 5.73 Å². The molecule has 0 atom stereocenters. The molecule has 0 saturated heterocycles. The third-order valence-corrected chi connectivity index (χ3v) is 2.21. The van der Waals surface area contributed by atoms with Gasteiger partial charge < -0.3 is 19.9 Å². The van der Waals surface area contributed by atoms with E-state index in [0.29, 0.717) is 18.0 Å². The number of halogens is 3. The molecule has 19 heavy (non-hydrogen) atoms. The first-order valence-corrected chi connectivity index (χ1v) is 5.60. The highest BCUT2D eigenvalue weighted by atomic mass is 19.4. The van der Waals surface area contributed by atoms with E-state index in [1.54, 1.807) is 18.2 Å². The standard InChI is InChI=1S/C12H16F3NO3/c1-17-11-6-9(7-16)2-3-10(11)19-5-4-18-8-12(13,14)15/h2-3,6H,4-5,7-8,16H2,1H3. The average Bonchev–Trinajstić information content (AvgIpc) is 2.37. The fourth-order valence-corrected chi connectivity index (χ4v) is 1.36. The number of nitrogens with two attached hydrogens (primary N) is 1. The maximum absolute atomic E-state index is 11.8. The Balaban J connectivity index is 2.41. The third-order valence-electron chi connectivity index (χ3n) is 2.21. The largest absolute Gasteiger partial charge is 0.493 e. The van der Waals surface area contributed by atoms with Crippen molar-refractivity contribution in [3.63, 3.8) is 0 Å². The van der Waals surface area contributed by atoms with Crippen LogP contribution in [0.5, 0.6) is 11.5 Å². The first-order chi connectivity index (χ1) is 8.96. The Morgan fingerprint density at radius 2 is 1.89 bits per heavy atom. The molecule has 4 nitrogen and oxygen atoms in total. The molecule has 0 bridgehead atoms. The fraction of sp³-hybridized carbons (Fsp3) is 0.500. The number of alkyl halides is 3. The van der Waals surface area contributed by atoms with E-state index in [-0.39, 0.29) is 13.2 Å². The van der Waals surface area contributed by atoms with Gasteiger partial charge in [-0.05, 0) is 17.7 Å².